The zero-order valence-corrected chi connectivity index (χ0v) is 14.3. The quantitative estimate of drug-likeness (QED) is 0.889. The first-order valence-corrected chi connectivity index (χ1v) is 8.68. The molecule has 2 aliphatic heterocycles. The standard InChI is InChI=1S/C15H22N4O3S/c1-10-13(23-17-16-10)8-18-5-3-15(4-6-18)7-12(14(21)22)19(9-15)11(2)20/h12H,3-9H2,1-2H3,(H,21,22)/t12-/m1/s1. The number of hydrogen-bond donors (Lipinski definition) is 1. The first-order chi connectivity index (χ1) is 10.9. The van der Waals surface area contributed by atoms with Crippen LogP contribution in [0, 0.1) is 12.3 Å². The van der Waals surface area contributed by atoms with Gasteiger partial charge >= 0.3 is 5.97 Å². The molecule has 1 N–H and O–H groups in total. The van der Waals surface area contributed by atoms with Crippen molar-refractivity contribution in [3.05, 3.63) is 10.6 Å². The Balaban J connectivity index is 1.63. The molecule has 7 nitrogen and oxygen atoms in total. The Morgan fingerprint density at radius 2 is 2.09 bits per heavy atom. The van der Waals surface area contributed by atoms with Gasteiger partial charge in [-0.2, -0.15) is 0 Å². The van der Waals surface area contributed by atoms with Crippen molar-refractivity contribution in [3.63, 3.8) is 0 Å². The maximum absolute atomic E-state index is 11.7. The summed E-state index contributed by atoms with van der Waals surface area (Å²) >= 11 is 1.44. The number of carbonyl (C=O) groups excluding carboxylic acids is 1. The van der Waals surface area contributed by atoms with E-state index in [0.717, 1.165) is 38.2 Å². The minimum absolute atomic E-state index is 0.0355. The molecular weight excluding hydrogens is 316 g/mol. The smallest absolute Gasteiger partial charge is 0.326 e. The fourth-order valence-corrected chi connectivity index (χ4v) is 4.43. The molecule has 3 heterocycles. The highest BCUT2D eigenvalue weighted by atomic mass is 32.1. The monoisotopic (exact) mass is 338 g/mol. The van der Waals surface area contributed by atoms with Crippen LogP contribution in [0.4, 0.5) is 0 Å². The van der Waals surface area contributed by atoms with E-state index < -0.39 is 12.0 Å². The molecule has 8 heteroatoms. The van der Waals surface area contributed by atoms with E-state index in [2.05, 4.69) is 14.5 Å². The third-order valence-corrected chi connectivity index (χ3v) is 6.04. The highest BCUT2D eigenvalue weighted by molar-refractivity contribution is 7.05. The molecule has 2 fully saturated rings. The number of aliphatic carboxylic acids is 1. The average Bonchev–Trinajstić information content (AvgIpc) is 3.07. The van der Waals surface area contributed by atoms with E-state index in [-0.39, 0.29) is 11.3 Å². The lowest BCUT2D eigenvalue weighted by Gasteiger charge is -2.39. The van der Waals surface area contributed by atoms with Crippen LogP contribution in [0.3, 0.4) is 0 Å². The van der Waals surface area contributed by atoms with Crippen LogP contribution in [0.15, 0.2) is 0 Å². The van der Waals surface area contributed by atoms with Gasteiger partial charge in [0.25, 0.3) is 0 Å². The number of carbonyl (C=O) groups is 2. The van der Waals surface area contributed by atoms with E-state index >= 15 is 0 Å². The molecule has 0 bridgehead atoms. The van der Waals surface area contributed by atoms with Crippen molar-refractivity contribution >= 4 is 23.4 Å². The number of hydrogen-bond acceptors (Lipinski definition) is 6. The highest BCUT2D eigenvalue weighted by Gasteiger charge is 2.49. The predicted molar refractivity (Wildman–Crippen MR) is 85.0 cm³/mol. The maximum atomic E-state index is 11.7. The molecule has 2 saturated heterocycles. The first-order valence-electron chi connectivity index (χ1n) is 7.90. The minimum atomic E-state index is -0.883. The summed E-state index contributed by atoms with van der Waals surface area (Å²) in [7, 11) is 0. The number of amides is 1. The number of rotatable bonds is 3. The van der Waals surface area contributed by atoms with Crippen molar-refractivity contribution in [2.45, 2.75) is 45.7 Å². The van der Waals surface area contributed by atoms with Gasteiger partial charge in [-0.1, -0.05) is 4.49 Å². The van der Waals surface area contributed by atoms with Gasteiger partial charge in [0.1, 0.15) is 6.04 Å². The van der Waals surface area contributed by atoms with E-state index in [0.29, 0.717) is 13.0 Å². The van der Waals surface area contributed by atoms with Gasteiger partial charge in [-0.05, 0) is 56.2 Å². The van der Waals surface area contributed by atoms with Crippen molar-refractivity contribution in [3.8, 4) is 0 Å². The zero-order valence-electron chi connectivity index (χ0n) is 13.5. The van der Waals surface area contributed by atoms with Crippen LogP contribution in [0.25, 0.3) is 0 Å². The first kappa shape index (κ1) is 16.3. The van der Waals surface area contributed by atoms with E-state index in [1.807, 2.05) is 6.92 Å². The van der Waals surface area contributed by atoms with Crippen LogP contribution >= 0.6 is 11.5 Å². The second kappa shape index (κ2) is 6.16. The van der Waals surface area contributed by atoms with E-state index in [1.54, 1.807) is 0 Å². The molecule has 1 aromatic rings. The molecule has 1 amide bonds. The van der Waals surface area contributed by atoms with Gasteiger partial charge in [0.05, 0.1) is 10.6 Å². The van der Waals surface area contributed by atoms with Crippen molar-refractivity contribution in [2.75, 3.05) is 19.6 Å². The lowest BCUT2D eigenvalue weighted by atomic mass is 9.76. The molecule has 1 aromatic heterocycles. The number of piperidine rings is 1. The summed E-state index contributed by atoms with van der Waals surface area (Å²) in [5.41, 5.74) is 0.955. The van der Waals surface area contributed by atoms with Gasteiger partial charge in [-0.25, -0.2) is 4.79 Å². The van der Waals surface area contributed by atoms with Gasteiger partial charge in [-0.15, -0.1) is 5.10 Å². The SMILES string of the molecule is CC(=O)N1CC2(CCN(Cc3snnc3C)CC2)C[C@@H]1C(=O)O. The van der Waals surface area contributed by atoms with Gasteiger partial charge in [0.2, 0.25) is 5.91 Å². The van der Waals surface area contributed by atoms with E-state index in [9.17, 15) is 14.7 Å². The molecule has 3 rings (SSSR count). The predicted octanol–water partition coefficient (Wildman–Crippen LogP) is 1.13. The van der Waals surface area contributed by atoms with Crippen molar-refractivity contribution in [2.24, 2.45) is 5.41 Å². The Kier molecular flexibility index (Phi) is 4.37. The summed E-state index contributed by atoms with van der Waals surface area (Å²) in [6.07, 6.45) is 2.45. The van der Waals surface area contributed by atoms with Crippen molar-refractivity contribution < 1.29 is 14.7 Å². The average molecular weight is 338 g/mol. The van der Waals surface area contributed by atoms with E-state index in [1.165, 1.54) is 28.2 Å². The largest absolute Gasteiger partial charge is 0.480 e. The lowest BCUT2D eigenvalue weighted by molar-refractivity contribution is -0.147. The molecule has 1 atom stereocenters. The fourth-order valence-electron chi connectivity index (χ4n) is 3.75. The molecule has 0 aromatic carbocycles. The Morgan fingerprint density at radius 3 is 2.57 bits per heavy atom. The van der Waals surface area contributed by atoms with Crippen LogP contribution in [-0.2, 0) is 16.1 Å². The molecule has 0 saturated carbocycles. The Labute approximate surface area is 139 Å². The highest BCUT2D eigenvalue weighted by Crippen LogP contribution is 2.43. The van der Waals surface area contributed by atoms with Crippen molar-refractivity contribution in [1.29, 1.82) is 0 Å². The molecule has 23 heavy (non-hydrogen) atoms. The molecule has 1 spiro atoms. The maximum Gasteiger partial charge on any atom is 0.326 e. The second-order valence-corrected chi connectivity index (χ2v) is 7.60. The minimum Gasteiger partial charge on any atom is -0.480 e. The number of nitrogens with zero attached hydrogens (tertiary/aromatic N) is 4. The fraction of sp³-hybridized carbons (Fsp3) is 0.733. The summed E-state index contributed by atoms with van der Waals surface area (Å²) in [4.78, 5) is 28.3. The van der Waals surface area contributed by atoms with Crippen molar-refractivity contribution in [1.82, 2.24) is 19.4 Å². The van der Waals surface area contributed by atoms with Crippen LogP contribution in [0.1, 0.15) is 36.8 Å². The summed E-state index contributed by atoms with van der Waals surface area (Å²) in [5, 5.41) is 13.4. The zero-order chi connectivity index (χ0) is 16.6. The summed E-state index contributed by atoms with van der Waals surface area (Å²) in [6, 6.07) is -0.660. The normalized spacial score (nSPS) is 24.3. The number of carboxylic acids is 1. The van der Waals surface area contributed by atoms with Crippen LogP contribution in [-0.4, -0.2) is 62.0 Å². The Hall–Kier alpha value is -1.54. The molecule has 126 valence electrons. The van der Waals surface area contributed by atoms with Crippen LogP contribution in [0.5, 0.6) is 0 Å². The van der Waals surface area contributed by atoms with Gasteiger partial charge in [-0.3, -0.25) is 9.69 Å². The van der Waals surface area contributed by atoms with Crippen LogP contribution in [0.2, 0.25) is 0 Å². The third-order valence-electron chi connectivity index (χ3n) is 5.23. The second-order valence-electron chi connectivity index (χ2n) is 6.76. The summed E-state index contributed by atoms with van der Waals surface area (Å²) in [5.74, 6) is -1.02. The van der Waals surface area contributed by atoms with Gasteiger partial charge < -0.3 is 10.0 Å². The number of aryl methyl sites for hydroxylation is 1. The lowest BCUT2D eigenvalue weighted by Crippen LogP contribution is -2.42. The molecule has 2 aliphatic rings. The third kappa shape index (κ3) is 3.23. The molecular formula is C15H22N4O3S. The number of likely N-dealkylation sites (tertiary alicyclic amines) is 2. The van der Waals surface area contributed by atoms with E-state index in [4.69, 9.17) is 0 Å². The van der Waals surface area contributed by atoms with Gasteiger partial charge in [0, 0.05) is 20.0 Å². The molecule has 0 aliphatic carbocycles. The number of carboxylic acid groups (broad SMARTS) is 1. The summed E-state index contributed by atoms with van der Waals surface area (Å²) < 4.78 is 3.97. The number of aromatic nitrogens is 2. The van der Waals surface area contributed by atoms with Crippen LogP contribution < -0.4 is 0 Å². The molecule has 0 radical (unpaired) electrons. The Bertz CT molecular complexity index is 586. The summed E-state index contributed by atoms with van der Waals surface area (Å²) in [6.45, 7) is 6.73. The molecule has 0 unspecified atom stereocenters. The van der Waals surface area contributed by atoms with Gasteiger partial charge in [0.15, 0.2) is 0 Å². The topological polar surface area (TPSA) is 86.6 Å². The Morgan fingerprint density at radius 1 is 1.39 bits per heavy atom.